The summed E-state index contributed by atoms with van der Waals surface area (Å²) in [7, 11) is 0. The number of rotatable bonds is 5. The van der Waals surface area contributed by atoms with Crippen LogP contribution in [-0.4, -0.2) is 41.1 Å². The van der Waals surface area contributed by atoms with Crippen LogP contribution in [0.4, 0.5) is 0 Å². The van der Waals surface area contributed by atoms with Gasteiger partial charge in [0.25, 0.3) is 0 Å². The van der Waals surface area contributed by atoms with Gasteiger partial charge >= 0.3 is 0 Å². The molecule has 0 bridgehead atoms. The lowest BCUT2D eigenvalue weighted by Gasteiger charge is -2.33. The molecule has 1 heterocycles. The van der Waals surface area contributed by atoms with Crippen LogP contribution in [0.1, 0.15) is 31.2 Å². The summed E-state index contributed by atoms with van der Waals surface area (Å²) in [5.41, 5.74) is 1.21. The number of benzene rings is 1. The first-order valence-corrected chi connectivity index (χ1v) is 8.45. The molecule has 1 amide bonds. The molecule has 0 aromatic heterocycles. The van der Waals surface area contributed by atoms with Crippen molar-refractivity contribution in [1.29, 1.82) is 0 Å². The summed E-state index contributed by atoms with van der Waals surface area (Å²) in [4.78, 5) is 14.3. The van der Waals surface area contributed by atoms with Crippen molar-refractivity contribution in [3.63, 3.8) is 0 Å². The van der Waals surface area contributed by atoms with Crippen molar-refractivity contribution in [1.82, 2.24) is 10.2 Å². The lowest BCUT2D eigenvalue weighted by molar-refractivity contribution is -0.133. The number of halogens is 1. The van der Waals surface area contributed by atoms with Gasteiger partial charge in [0.2, 0.25) is 5.91 Å². The molecule has 1 aliphatic carbocycles. The standard InChI is InChI=1S/C17H23ClN2O2/c18-14-3-1-2-12(10-14)11-20-8-6-13(7-9-20)16(21)17(22)19-15-4-5-15/h1-3,10,13,15-16,21H,4-9,11H2,(H,19,22). The van der Waals surface area contributed by atoms with E-state index in [9.17, 15) is 9.90 Å². The summed E-state index contributed by atoms with van der Waals surface area (Å²) in [6.45, 7) is 2.69. The fraction of sp³-hybridized carbons (Fsp3) is 0.588. The van der Waals surface area contributed by atoms with E-state index in [0.717, 1.165) is 50.3 Å². The second-order valence-electron chi connectivity index (χ2n) is 6.47. The van der Waals surface area contributed by atoms with Crippen LogP contribution >= 0.6 is 11.6 Å². The van der Waals surface area contributed by atoms with Crippen LogP contribution in [0.15, 0.2) is 24.3 Å². The molecule has 0 spiro atoms. The number of aliphatic hydroxyl groups is 1. The number of carbonyl (C=O) groups excluding carboxylic acids is 1. The Balaban J connectivity index is 1.46. The normalized spacial score (nSPS) is 21.5. The van der Waals surface area contributed by atoms with Crippen LogP contribution < -0.4 is 5.32 Å². The average molecular weight is 323 g/mol. The number of carbonyl (C=O) groups is 1. The average Bonchev–Trinajstić information content (AvgIpc) is 3.31. The van der Waals surface area contributed by atoms with Crippen LogP contribution in [0.2, 0.25) is 5.02 Å². The maximum Gasteiger partial charge on any atom is 0.249 e. The van der Waals surface area contributed by atoms with Crippen molar-refractivity contribution in [3.8, 4) is 0 Å². The minimum atomic E-state index is -0.853. The molecule has 1 saturated heterocycles. The number of likely N-dealkylation sites (tertiary alicyclic amines) is 1. The second-order valence-corrected chi connectivity index (χ2v) is 6.91. The van der Waals surface area contributed by atoms with Crippen molar-refractivity contribution in [3.05, 3.63) is 34.9 Å². The Kier molecular flexibility index (Phi) is 5.01. The van der Waals surface area contributed by atoms with E-state index in [4.69, 9.17) is 11.6 Å². The third-order valence-electron chi connectivity index (χ3n) is 4.57. The molecular formula is C17H23ClN2O2. The minimum absolute atomic E-state index is 0.0781. The number of hydrogen-bond acceptors (Lipinski definition) is 3. The van der Waals surface area contributed by atoms with Crippen LogP contribution in [0, 0.1) is 5.92 Å². The molecular weight excluding hydrogens is 300 g/mol. The van der Waals surface area contributed by atoms with Gasteiger partial charge in [-0.3, -0.25) is 9.69 Å². The highest BCUT2D eigenvalue weighted by Crippen LogP contribution is 2.24. The zero-order valence-corrected chi connectivity index (χ0v) is 13.4. The summed E-state index contributed by atoms with van der Waals surface area (Å²) < 4.78 is 0. The summed E-state index contributed by atoms with van der Waals surface area (Å²) in [6.07, 6.45) is 2.97. The minimum Gasteiger partial charge on any atom is -0.383 e. The van der Waals surface area contributed by atoms with Gasteiger partial charge in [-0.25, -0.2) is 0 Å². The van der Waals surface area contributed by atoms with Crippen molar-refractivity contribution < 1.29 is 9.90 Å². The van der Waals surface area contributed by atoms with E-state index in [2.05, 4.69) is 16.3 Å². The highest BCUT2D eigenvalue weighted by molar-refractivity contribution is 6.30. The van der Waals surface area contributed by atoms with Gasteiger partial charge in [0.05, 0.1) is 0 Å². The van der Waals surface area contributed by atoms with E-state index in [0.29, 0.717) is 6.04 Å². The number of nitrogens with zero attached hydrogens (tertiary/aromatic N) is 1. The molecule has 1 atom stereocenters. The van der Waals surface area contributed by atoms with Crippen molar-refractivity contribution in [2.45, 2.75) is 44.4 Å². The van der Waals surface area contributed by atoms with Crippen LogP contribution in [0.25, 0.3) is 0 Å². The Hall–Kier alpha value is -1.10. The van der Waals surface area contributed by atoms with Gasteiger partial charge in [0, 0.05) is 17.6 Å². The molecule has 1 saturated carbocycles. The van der Waals surface area contributed by atoms with Crippen LogP contribution in [-0.2, 0) is 11.3 Å². The Morgan fingerprint density at radius 3 is 2.68 bits per heavy atom. The summed E-state index contributed by atoms with van der Waals surface area (Å²) in [5, 5.41) is 13.8. The molecule has 1 aromatic carbocycles. The molecule has 0 radical (unpaired) electrons. The van der Waals surface area contributed by atoms with Crippen molar-refractivity contribution in [2.24, 2.45) is 5.92 Å². The predicted octanol–water partition coefficient (Wildman–Crippen LogP) is 2.19. The molecule has 4 nitrogen and oxygen atoms in total. The number of nitrogens with one attached hydrogen (secondary N) is 1. The number of hydrogen-bond donors (Lipinski definition) is 2. The fourth-order valence-corrected chi connectivity index (χ4v) is 3.26. The third kappa shape index (κ3) is 4.22. The van der Waals surface area contributed by atoms with Gasteiger partial charge < -0.3 is 10.4 Å². The molecule has 22 heavy (non-hydrogen) atoms. The topological polar surface area (TPSA) is 52.6 Å². The monoisotopic (exact) mass is 322 g/mol. The molecule has 1 aromatic rings. The summed E-state index contributed by atoms with van der Waals surface area (Å²) in [6, 6.07) is 8.23. The lowest BCUT2D eigenvalue weighted by Crippen LogP contribution is -2.44. The Morgan fingerprint density at radius 2 is 2.05 bits per heavy atom. The highest BCUT2D eigenvalue weighted by Gasteiger charge is 2.32. The summed E-state index contributed by atoms with van der Waals surface area (Å²) in [5.74, 6) is -0.106. The van der Waals surface area contributed by atoms with E-state index in [-0.39, 0.29) is 11.8 Å². The molecule has 120 valence electrons. The third-order valence-corrected chi connectivity index (χ3v) is 4.80. The van der Waals surface area contributed by atoms with Gasteiger partial charge in [0.15, 0.2) is 0 Å². The van der Waals surface area contributed by atoms with E-state index >= 15 is 0 Å². The van der Waals surface area contributed by atoms with Gasteiger partial charge in [-0.2, -0.15) is 0 Å². The zero-order chi connectivity index (χ0) is 15.5. The maximum atomic E-state index is 11.9. The Bertz CT molecular complexity index is 525. The quantitative estimate of drug-likeness (QED) is 0.873. The van der Waals surface area contributed by atoms with Gasteiger partial charge in [-0.15, -0.1) is 0 Å². The van der Waals surface area contributed by atoms with Gasteiger partial charge in [-0.05, 0) is 62.4 Å². The molecule has 1 unspecified atom stereocenters. The van der Waals surface area contributed by atoms with Crippen LogP contribution in [0.3, 0.4) is 0 Å². The molecule has 3 rings (SSSR count). The SMILES string of the molecule is O=C(NC1CC1)C(O)C1CCN(Cc2cccc(Cl)c2)CC1. The number of piperidine rings is 1. The van der Waals surface area contributed by atoms with Crippen molar-refractivity contribution >= 4 is 17.5 Å². The molecule has 2 fully saturated rings. The number of aliphatic hydroxyl groups excluding tert-OH is 1. The lowest BCUT2D eigenvalue weighted by atomic mass is 9.90. The first kappa shape index (κ1) is 15.8. The molecule has 2 N–H and O–H groups in total. The first-order chi connectivity index (χ1) is 10.6. The van der Waals surface area contributed by atoms with Crippen molar-refractivity contribution in [2.75, 3.05) is 13.1 Å². The zero-order valence-electron chi connectivity index (χ0n) is 12.7. The summed E-state index contributed by atoms with van der Waals surface area (Å²) >= 11 is 6.01. The first-order valence-electron chi connectivity index (χ1n) is 8.07. The smallest absolute Gasteiger partial charge is 0.249 e. The van der Waals surface area contributed by atoms with Gasteiger partial charge in [0.1, 0.15) is 6.10 Å². The van der Waals surface area contributed by atoms with E-state index < -0.39 is 6.10 Å². The predicted molar refractivity (Wildman–Crippen MR) is 86.6 cm³/mol. The molecule has 1 aliphatic heterocycles. The largest absolute Gasteiger partial charge is 0.383 e. The van der Waals surface area contributed by atoms with Gasteiger partial charge in [-0.1, -0.05) is 23.7 Å². The van der Waals surface area contributed by atoms with Crippen LogP contribution in [0.5, 0.6) is 0 Å². The Labute approximate surface area is 136 Å². The number of amides is 1. The molecule has 2 aliphatic rings. The molecule has 5 heteroatoms. The maximum absolute atomic E-state index is 11.9. The fourth-order valence-electron chi connectivity index (χ4n) is 3.05. The van der Waals surface area contributed by atoms with E-state index in [1.165, 1.54) is 5.56 Å². The Morgan fingerprint density at radius 1 is 1.32 bits per heavy atom. The van der Waals surface area contributed by atoms with E-state index in [1.807, 2.05) is 18.2 Å². The second kappa shape index (κ2) is 6.99. The van der Waals surface area contributed by atoms with E-state index in [1.54, 1.807) is 0 Å². The highest BCUT2D eigenvalue weighted by atomic mass is 35.5.